The number of aliphatic hydroxyl groups excluding tert-OH is 1. The van der Waals surface area contributed by atoms with Crippen LogP contribution in [0.1, 0.15) is 73.8 Å². The van der Waals surface area contributed by atoms with Crippen molar-refractivity contribution >= 4 is 46.2 Å². The Labute approximate surface area is 320 Å². The van der Waals surface area contributed by atoms with Crippen LogP contribution < -0.4 is 27.2 Å². The number of cyclic esters (lactones) is 1. The largest absolute Gasteiger partial charge is 0.458 e. The number of aliphatic hydroxyl groups is 2. The van der Waals surface area contributed by atoms with Gasteiger partial charge in [0.2, 0.25) is 23.6 Å². The number of nitrogens with two attached hydrogens (primary N) is 1. The lowest BCUT2D eigenvalue weighted by atomic mass is 9.86. The second-order valence-corrected chi connectivity index (χ2v) is 14.0. The number of unbranched alkanes of at least 4 members (excludes halogenated alkanes) is 1. The van der Waals surface area contributed by atoms with Gasteiger partial charge in [-0.25, -0.2) is 14.2 Å². The zero-order valence-electron chi connectivity index (χ0n) is 30.9. The van der Waals surface area contributed by atoms with Crippen molar-refractivity contribution in [2.75, 3.05) is 11.9 Å². The van der Waals surface area contributed by atoms with Gasteiger partial charge in [0, 0.05) is 41.3 Å². The predicted octanol–water partition coefficient (Wildman–Crippen LogP) is 2.18. The molecule has 7 N–H and O–H groups in total. The second-order valence-electron chi connectivity index (χ2n) is 14.0. The Balaban J connectivity index is 1.20. The average molecular weight is 771 g/mol. The van der Waals surface area contributed by atoms with E-state index in [0.717, 1.165) is 18.1 Å². The number of pyridine rings is 2. The Morgan fingerprint density at radius 3 is 2.50 bits per heavy atom. The Kier molecular flexibility index (Phi) is 11.6. The summed E-state index contributed by atoms with van der Waals surface area (Å²) in [7, 11) is 0. The minimum atomic E-state index is -2.04. The number of hydrogen-bond acceptors (Lipinski definition) is 10. The molecular formula is C40H43FN6O9. The van der Waals surface area contributed by atoms with E-state index in [2.05, 4.69) is 20.9 Å². The van der Waals surface area contributed by atoms with E-state index in [9.17, 15) is 39.0 Å². The number of hydrogen-bond donors (Lipinski definition) is 6. The topological polar surface area (TPSA) is 232 Å². The lowest BCUT2D eigenvalue weighted by Gasteiger charge is -2.31. The summed E-state index contributed by atoms with van der Waals surface area (Å²) in [6.45, 7) is 2.08. The van der Waals surface area contributed by atoms with Crippen LogP contribution in [-0.2, 0) is 60.5 Å². The van der Waals surface area contributed by atoms with Gasteiger partial charge in [0.1, 0.15) is 18.5 Å². The molecule has 2 aliphatic heterocycles. The maximum absolute atomic E-state index is 15.6. The number of nitrogens with one attached hydrogen (secondary N) is 3. The maximum atomic E-state index is 15.6. The maximum Gasteiger partial charge on any atom is 0.343 e. The van der Waals surface area contributed by atoms with E-state index in [1.54, 1.807) is 37.3 Å². The summed E-state index contributed by atoms with van der Waals surface area (Å²) in [5.41, 5.74) is 5.09. The zero-order chi connectivity index (χ0) is 40.3. The van der Waals surface area contributed by atoms with Gasteiger partial charge in [-0.1, -0.05) is 57.0 Å². The van der Waals surface area contributed by atoms with E-state index in [0.29, 0.717) is 29.4 Å². The van der Waals surface area contributed by atoms with Gasteiger partial charge in [-0.3, -0.25) is 24.0 Å². The molecule has 56 heavy (non-hydrogen) atoms. The molecule has 0 aliphatic carbocycles. The summed E-state index contributed by atoms with van der Waals surface area (Å²) < 4.78 is 22.1. The number of benzene rings is 2. The first-order valence-electron chi connectivity index (χ1n) is 18.4. The highest BCUT2D eigenvalue weighted by Gasteiger charge is 2.45. The van der Waals surface area contributed by atoms with E-state index < -0.39 is 71.7 Å². The Bertz CT molecular complexity index is 2300. The van der Waals surface area contributed by atoms with Gasteiger partial charge >= 0.3 is 5.97 Å². The molecule has 0 spiro atoms. The summed E-state index contributed by atoms with van der Waals surface area (Å²) in [5.74, 6) is -5.09. The highest BCUT2D eigenvalue weighted by atomic mass is 19.1. The number of halogens is 1. The first kappa shape index (κ1) is 39.7. The molecule has 2 aromatic heterocycles. The minimum Gasteiger partial charge on any atom is -0.458 e. The molecule has 6 rings (SSSR count). The molecule has 0 fully saturated rings. The van der Waals surface area contributed by atoms with E-state index in [1.165, 1.54) is 16.7 Å². The number of carbonyl (C=O) groups is 5. The smallest absolute Gasteiger partial charge is 0.343 e. The number of aromatic nitrogens is 2. The minimum absolute atomic E-state index is 0.0121. The number of anilines is 1. The van der Waals surface area contributed by atoms with Crippen molar-refractivity contribution in [3.63, 3.8) is 0 Å². The molecule has 0 radical (unpaired) electrons. The normalized spacial score (nSPS) is 16.6. The molecule has 0 bridgehead atoms. The van der Waals surface area contributed by atoms with Crippen molar-refractivity contribution in [2.45, 2.75) is 83.8 Å². The van der Waals surface area contributed by atoms with Crippen molar-refractivity contribution in [1.82, 2.24) is 20.2 Å². The Morgan fingerprint density at radius 2 is 1.82 bits per heavy atom. The molecule has 1 unspecified atom stereocenters. The van der Waals surface area contributed by atoms with Gasteiger partial charge < -0.3 is 41.2 Å². The third-order valence-electron chi connectivity index (χ3n) is 10.4. The number of carbonyl (C=O) groups excluding carboxylic acids is 5. The number of ether oxygens (including phenoxy) is 1. The van der Waals surface area contributed by atoms with Gasteiger partial charge in [-0.05, 0) is 36.1 Å². The predicted molar refractivity (Wildman–Crippen MR) is 201 cm³/mol. The summed E-state index contributed by atoms with van der Waals surface area (Å²) in [6.07, 6.45) is 1.77. The number of rotatable bonds is 15. The molecule has 4 amide bonds. The zero-order valence-corrected chi connectivity index (χ0v) is 30.9. The summed E-state index contributed by atoms with van der Waals surface area (Å²) in [4.78, 5) is 82.1. The molecule has 0 saturated heterocycles. The summed E-state index contributed by atoms with van der Waals surface area (Å²) in [6, 6.07) is 11.6. The van der Waals surface area contributed by atoms with Crippen LogP contribution in [-0.4, -0.2) is 61.9 Å². The van der Waals surface area contributed by atoms with Crippen LogP contribution >= 0.6 is 0 Å². The van der Waals surface area contributed by atoms with Crippen LogP contribution in [0.4, 0.5) is 10.1 Å². The molecule has 4 heterocycles. The van der Waals surface area contributed by atoms with Gasteiger partial charge in [0.25, 0.3) is 5.56 Å². The van der Waals surface area contributed by atoms with Crippen LogP contribution in [0.5, 0.6) is 0 Å². The van der Waals surface area contributed by atoms with E-state index in [-0.39, 0.29) is 66.1 Å². The third-order valence-corrected chi connectivity index (χ3v) is 10.4. The number of primary amides is 1. The number of esters is 1. The lowest BCUT2D eigenvalue weighted by Crippen LogP contribution is -2.50. The SMILES string of the molecule is CCCCC(CC(=O)N[C@@H](Cc1ccccc1)C(=O)NCC(=O)Nc1cc2c(CO)c3c(nc2cc1F)-c1cc2c(c(=O)n1C3)COC(=O)[C@]2(O)CC)C(N)=O. The first-order chi connectivity index (χ1) is 26.8. The van der Waals surface area contributed by atoms with Crippen molar-refractivity contribution in [3.05, 3.63) is 92.5 Å². The molecule has 2 aliphatic rings. The molecule has 0 saturated carbocycles. The number of nitrogens with zero attached hydrogens (tertiary/aromatic N) is 2. The highest BCUT2D eigenvalue weighted by molar-refractivity contribution is 5.99. The van der Waals surface area contributed by atoms with E-state index in [1.807, 2.05) is 6.92 Å². The molecule has 2 aromatic carbocycles. The van der Waals surface area contributed by atoms with Crippen molar-refractivity contribution in [3.8, 4) is 11.4 Å². The molecule has 294 valence electrons. The lowest BCUT2D eigenvalue weighted by molar-refractivity contribution is -0.172. The quantitative estimate of drug-likeness (QED) is 0.0850. The van der Waals surface area contributed by atoms with Gasteiger partial charge in [-0.15, -0.1) is 0 Å². The Morgan fingerprint density at radius 1 is 1.07 bits per heavy atom. The van der Waals surface area contributed by atoms with E-state index >= 15 is 4.39 Å². The first-order valence-corrected chi connectivity index (χ1v) is 18.4. The van der Waals surface area contributed by atoms with Crippen molar-refractivity contribution in [1.29, 1.82) is 0 Å². The second kappa shape index (κ2) is 16.4. The van der Waals surface area contributed by atoms with E-state index in [4.69, 9.17) is 10.5 Å². The van der Waals surface area contributed by atoms with Gasteiger partial charge in [0.05, 0.1) is 47.9 Å². The fourth-order valence-corrected chi connectivity index (χ4v) is 7.28. The summed E-state index contributed by atoms with van der Waals surface area (Å²) in [5, 5.41) is 29.6. The number of fused-ring (bicyclic) bond motifs is 5. The van der Waals surface area contributed by atoms with Gasteiger partial charge in [0.15, 0.2) is 5.60 Å². The summed E-state index contributed by atoms with van der Waals surface area (Å²) >= 11 is 0. The fourth-order valence-electron chi connectivity index (χ4n) is 7.28. The van der Waals surface area contributed by atoms with Crippen LogP contribution in [0, 0.1) is 11.7 Å². The molecule has 15 nitrogen and oxygen atoms in total. The third kappa shape index (κ3) is 7.75. The Hall–Kier alpha value is -6.00. The number of amides is 4. The average Bonchev–Trinajstić information content (AvgIpc) is 3.55. The molecule has 16 heteroatoms. The van der Waals surface area contributed by atoms with Crippen LogP contribution in [0.15, 0.2) is 53.3 Å². The van der Waals surface area contributed by atoms with Crippen LogP contribution in [0.3, 0.4) is 0 Å². The van der Waals surface area contributed by atoms with Crippen molar-refractivity contribution < 1.29 is 43.3 Å². The standard InChI is InChI=1S/C40H43FN6O9/c1-3-5-11-22(36(42)51)13-33(49)45-31(12-21-9-7-6-8-10-21)37(52)43-17-34(50)44-30-14-23-25(19-48)24-18-47-32(35(24)46-29(23)16-28(30)41)15-27-26(38(47)53)20-56-39(54)40(27,55)4-2/h6-10,14-16,22,31,48,55H,3-5,11-13,17-20H2,1-2H3,(H2,42,51)(H,43,52)(H,44,50)(H,45,49)/t22?,31-,40-/m0/s1. The van der Waals surface area contributed by atoms with Gasteiger partial charge in [-0.2, -0.15) is 0 Å². The van der Waals surface area contributed by atoms with Crippen LogP contribution in [0.2, 0.25) is 0 Å². The fraction of sp³-hybridized carbons (Fsp3) is 0.375. The monoisotopic (exact) mass is 770 g/mol. The van der Waals surface area contributed by atoms with Crippen molar-refractivity contribution in [2.24, 2.45) is 11.7 Å². The molecule has 4 aromatic rings. The van der Waals surface area contributed by atoms with Crippen LogP contribution in [0.25, 0.3) is 22.3 Å². The molecule has 3 atom stereocenters. The molecular weight excluding hydrogens is 727 g/mol. The highest BCUT2D eigenvalue weighted by Crippen LogP contribution is 2.41.